The average molecular weight is 327 g/mol. The Hall–Kier alpha value is -2.14. The van der Waals surface area contributed by atoms with Crippen LogP contribution in [0.3, 0.4) is 0 Å². The minimum absolute atomic E-state index is 0.0143. The van der Waals surface area contributed by atoms with E-state index in [1.807, 2.05) is 35.9 Å². The third-order valence-electron chi connectivity index (χ3n) is 5.10. The lowest BCUT2D eigenvalue weighted by atomic mass is 10.0. The summed E-state index contributed by atoms with van der Waals surface area (Å²) in [5, 5.41) is 14.1. The van der Waals surface area contributed by atoms with E-state index in [-0.39, 0.29) is 18.4 Å². The highest BCUT2D eigenvalue weighted by Gasteiger charge is 2.33. The maximum atomic E-state index is 13.1. The van der Waals surface area contributed by atoms with Crippen molar-refractivity contribution in [2.24, 2.45) is 0 Å². The third-order valence-corrected chi connectivity index (χ3v) is 5.10. The van der Waals surface area contributed by atoms with Crippen molar-refractivity contribution in [2.75, 3.05) is 18.1 Å². The van der Waals surface area contributed by atoms with Crippen LogP contribution in [0.15, 0.2) is 30.5 Å². The number of aliphatic hydroxyl groups excluding tert-OH is 1. The SMILES string of the molecule is CCC(CC)n1ncc(C(=O)N2CC(CO)c3ccccc32)c1C. The van der Waals surface area contributed by atoms with Crippen LogP contribution in [0.4, 0.5) is 5.69 Å². The molecular formula is C19H25N3O2. The number of carbonyl (C=O) groups is 1. The van der Waals surface area contributed by atoms with E-state index in [1.54, 1.807) is 11.1 Å². The Labute approximate surface area is 142 Å². The van der Waals surface area contributed by atoms with Gasteiger partial charge in [0.2, 0.25) is 0 Å². The van der Waals surface area contributed by atoms with Crippen molar-refractivity contribution < 1.29 is 9.90 Å². The van der Waals surface area contributed by atoms with Crippen molar-refractivity contribution in [3.8, 4) is 0 Å². The molecule has 0 fully saturated rings. The molecule has 1 aromatic carbocycles. The Morgan fingerprint density at radius 1 is 1.33 bits per heavy atom. The molecule has 3 rings (SSSR count). The van der Waals surface area contributed by atoms with Crippen molar-refractivity contribution in [2.45, 2.75) is 45.6 Å². The van der Waals surface area contributed by atoms with Crippen molar-refractivity contribution in [3.05, 3.63) is 47.3 Å². The van der Waals surface area contributed by atoms with Gasteiger partial charge in [-0.25, -0.2) is 0 Å². The van der Waals surface area contributed by atoms with Crippen molar-refractivity contribution in [1.29, 1.82) is 0 Å². The van der Waals surface area contributed by atoms with Gasteiger partial charge in [-0.2, -0.15) is 5.10 Å². The number of benzene rings is 1. The van der Waals surface area contributed by atoms with E-state index < -0.39 is 0 Å². The standard InChI is InChI=1S/C19H25N3O2/c1-4-15(5-2)22-13(3)17(10-20-22)19(24)21-11-14(12-23)16-8-6-7-9-18(16)21/h6-10,14-15,23H,4-5,11-12H2,1-3H3. The van der Waals surface area contributed by atoms with Gasteiger partial charge in [0.05, 0.1) is 24.4 Å². The minimum atomic E-state index is -0.0342. The fourth-order valence-electron chi connectivity index (χ4n) is 3.63. The molecule has 1 atom stereocenters. The van der Waals surface area contributed by atoms with Crippen LogP contribution in [0.5, 0.6) is 0 Å². The quantitative estimate of drug-likeness (QED) is 0.917. The van der Waals surface area contributed by atoms with Crippen LogP contribution in [-0.2, 0) is 0 Å². The number of nitrogens with zero attached hydrogens (tertiary/aromatic N) is 3. The zero-order chi connectivity index (χ0) is 17.3. The molecule has 24 heavy (non-hydrogen) atoms. The van der Waals surface area contributed by atoms with Crippen molar-refractivity contribution >= 4 is 11.6 Å². The van der Waals surface area contributed by atoms with Gasteiger partial charge in [-0.3, -0.25) is 9.48 Å². The van der Waals surface area contributed by atoms with E-state index in [9.17, 15) is 9.90 Å². The smallest absolute Gasteiger partial charge is 0.261 e. The summed E-state index contributed by atoms with van der Waals surface area (Å²) in [5.41, 5.74) is 3.50. The maximum absolute atomic E-state index is 13.1. The number of carbonyl (C=O) groups excluding carboxylic acids is 1. The van der Waals surface area contributed by atoms with Gasteiger partial charge >= 0.3 is 0 Å². The first-order valence-electron chi connectivity index (χ1n) is 8.68. The summed E-state index contributed by atoms with van der Waals surface area (Å²) in [6.07, 6.45) is 3.67. The molecule has 0 radical (unpaired) electrons. The second-order valence-electron chi connectivity index (χ2n) is 6.41. The molecule has 0 saturated heterocycles. The normalized spacial score (nSPS) is 16.7. The van der Waals surface area contributed by atoms with Gasteiger partial charge in [-0.15, -0.1) is 0 Å². The second-order valence-corrected chi connectivity index (χ2v) is 6.41. The fraction of sp³-hybridized carbons (Fsp3) is 0.474. The zero-order valence-electron chi connectivity index (χ0n) is 14.6. The van der Waals surface area contributed by atoms with Gasteiger partial charge in [0.15, 0.2) is 0 Å². The lowest BCUT2D eigenvalue weighted by molar-refractivity contribution is 0.0986. The summed E-state index contributed by atoms with van der Waals surface area (Å²) in [6, 6.07) is 8.14. The fourth-order valence-corrected chi connectivity index (χ4v) is 3.63. The van der Waals surface area contributed by atoms with Gasteiger partial charge in [-0.1, -0.05) is 32.0 Å². The number of hydrogen-bond acceptors (Lipinski definition) is 3. The van der Waals surface area contributed by atoms with E-state index in [1.165, 1.54) is 0 Å². The molecule has 5 heteroatoms. The Morgan fingerprint density at radius 2 is 2.04 bits per heavy atom. The molecule has 0 bridgehead atoms. The summed E-state index contributed by atoms with van der Waals surface area (Å²) in [7, 11) is 0. The Kier molecular flexibility index (Phi) is 4.71. The number of rotatable bonds is 5. The van der Waals surface area contributed by atoms with Crippen LogP contribution in [0.1, 0.15) is 60.3 Å². The number of amides is 1. The van der Waals surface area contributed by atoms with E-state index in [2.05, 4.69) is 18.9 Å². The van der Waals surface area contributed by atoms with E-state index in [4.69, 9.17) is 0 Å². The molecular weight excluding hydrogens is 302 g/mol. The van der Waals surface area contributed by atoms with Gasteiger partial charge < -0.3 is 10.0 Å². The van der Waals surface area contributed by atoms with Crippen LogP contribution < -0.4 is 4.90 Å². The molecule has 1 unspecified atom stereocenters. The number of aliphatic hydroxyl groups is 1. The van der Waals surface area contributed by atoms with Gasteiger partial charge in [0.1, 0.15) is 0 Å². The van der Waals surface area contributed by atoms with Crippen LogP contribution >= 0.6 is 0 Å². The summed E-state index contributed by atoms with van der Waals surface area (Å²) in [6.45, 7) is 6.81. The van der Waals surface area contributed by atoms with Crippen LogP contribution in [-0.4, -0.2) is 33.9 Å². The molecule has 128 valence electrons. The van der Waals surface area contributed by atoms with Gasteiger partial charge in [0.25, 0.3) is 5.91 Å². The van der Waals surface area contributed by atoms with Crippen LogP contribution in [0.2, 0.25) is 0 Å². The first kappa shape index (κ1) is 16.7. The number of para-hydroxylation sites is 1. The lowest BCUT2D eigenvalue weighted by Gasteiger charge is -2.19. The van der Waals surface area contributed by atoms with Crippen molar-refractivity contribution in [1.82, 2.24) is 9.78 Å². The number of fused-ring (bicyclic) bond motifs is 1. The number of anilines is 1. The molecule has 2 heterocycles. The molecule has 2 aromatic rings. The van der Waals surface area contributed by atoms with Crippen molar-refractivity contribution in [3.63, 3.8) is 0 Å². The van der Waals surface area contributed by atoms with Crippen LogP contribution in [0, 0.1) is 6.92 Å². The highest BCUT2D eigenvalue weighted by atomic mass is 16.3. The predicted octanol–water partition coefficient (Wildman–Crippen LogP) is 3.29. The Bertz CT molecular complexity index is 734. The molecule has 0 saturated carbocycles. The highest BCUT2D eigenvalue weighted by Crippen LogP contribution is 2.37. The largest absolute Gasteiger partial charge is 0.396 e. The molecule has 1 aromatic heterocycles. The Balaban J connectivity index is 1.94. The molecule has 0 aliphatic carbocycles. The monoisotopic (exact) mass is 327 g/mol. The predicted molar refractivity (Wildman–Crippen MR) is 94.5 cm³/mol. The lowest BCUT2D eigenvalue weighted by Crippen LogP contribution is -2.30. The summed E-state index contributed by atoms with van der Waals surface area (Å²) in [4.78, 5) is 14.9. The summed E-state index contributed by atoms with van der Waals surface area (Å²) < 4.78 is 1.97. The summed E-state index contributed by atoms with van der Waals surface area (Å²) in [5.74, 6) is -0.0485. The molecule has 1 N–H and O–H groups in total. The Morgan fingerprint density at radius 3 is 2.71 bits per heavy atom. The van der Waals surface area contributed by atoms with E-state index in [0.29, 0.717) is 18.2 Å². The number of hydrogen-bond donors (Lipinski definition) is 1. The average Bonchev–Trinajstić information content (AvgIpc) is 3.17. The first-order chi connectivity index (χ1) is 11.6. The van der Waals surface area contributed by atoms with E-state index in [0.717, 1.165) is 29.8 Å². The third kappa shape index (κ3) is 2.63. The van der Waals surface area contributed by atoms with Crippen LogP contribution in [0.25, 0.3) is 0 Å². The zero-order valence-corrected chi connectivity index (χ0v) is 14.6. The molecule has 1 aliphatic rings. The molecule has 5 nitrogen and oxygen atoms in total. The molecule has 1 amide bonds. The minimum Gasteiger partial charge on any atom is -0.396 e. The number of aromatic nitrogens is 2. The summed E-state index contributed by atoms with van der Waals surface area (Å²) >= 11 is 0. The highest BCUT2D eigenvalue weighted by molar-refractivity contribution is 6.08. The maximum Gasteiger partial charge on any atom is 0.261 e. The van der Waals surface area contributed by atoms with Gasteiger partial charge in [0, 0.05) is 23.8 Å². The molecule has 0 spiro atoms. The van der Waals surface area contributed by atoms with E-state index >= 15 is 0 Å². The topological polar surface area (TPSA) is 58.4 Å². The second kappa shape index (κ2) is 6.77. The first-order valence-corrected chi connectivity index (χ1v) is 8.68. The van der Waals surface area contributed by atoms with Gasteiger partial charge in [-0.05, 0) is 31.4 Å². The molecule has 1 aliphatic heterocycles.